The fourth-order valence-electron chi connectivity index (χ4n) is 2.17. The number of unbranched alkanes of at least 4 members (excludes halogenated alkanes) is 1. The molecule has 0 radical (unpaired) electrons. The van der Waals surface area contributed by atoms with Gasteiger partial charge in [0, 0.05) is 5.69 Å². The highest BCUT2D eigenvalue weighted by Gasteiger charge is 2.11. The number of carbonyl (C=O) groups is 3. The summed E-state index contributed by atoms with van der Waals surface area (Å²) in [6.07, 6.45) is 1.75. The highest BCUT2D eigenvalue weighted by atomic mass is 35.5. The van der Waals surface area contributed by atoms with Gasteiger partial charge in [-0.3, -0.25) is 4.79 Å². The third-order valence-corrected chi connectivity index (χ3v) is 3.99. The quantitative estimate of drug-likeness (QED) is 0.464. The molecule has 0 heterocycles. The molecule has 0 bridgehead atoms. The largest absolute Gasteiger partial charge is 0.480 e. The predicted molar refractivity (Wildman–Crippen MR) is 108 cm³/mol. The number of para-hydroxylation sites is 1. The van der Waals surface area contributed by atoms with Crippen LogP contribution in [0.5, 0.6) is 5.75 Å². The topological polar surface area (TPSA) is 90.9 Å². The molecule has 0 aliphatic heterocycles. The van der Waals surface area contributed by atoms with E-state index < -0.39 is 24.5 Å². The maximum atomic E-state index is 11.9. The fraction of sp³-hybridized carbons (Fsp3) is 0.286. The molecule has 0 aliphatic rings. The predicted octanol–water partition coefficient (Wildman–Crippen LogP) is 3.86. The number of benzene rings is 2. The minimum Gasteiger partial charge on any atom is -0.480 e. The van der Waals surface area contributed by atoms with Gasteiger partial charge in [0.15, 0.2) is 13.2 Å². The summed E-state index contributed by atoms with van der Waals surface area (Å²) in [4.78, 5) is 35.4. The molecular formula is C21H22ClNO6. The minimum absolute atomic E-state index is 0.351. The Morgan fingerprint density at radius 3 is 2.38 bits per heavy atom. The third kappa shape index (κ3) is 7.83. The van der Waals surface area contributed by atoms with Crippen molar-refractivity contribution in [2.45, 2.75) is 19.8 Å². The Hall–Kier alpha value is -3.06. The molecule has 0 atom stereocenters. The van der Waals surface area contributed by atoms with Crippen molar-refractivity contribution in [3.63, 3.8) is 0 Å². The van der Waals surface area contributed by atoms with E-state index in [0.29, 0.717) is 28.6 Å². The van der Waals surface area contributed by atoms with Crippen molar-refractivity contribution in [2.75, 3.05) is 25.1 Å². The lowest BCUT2D eigenvalue weighted by molar-refractivity contribution is -0.149. The van der Waals surface area contributed by atoms with Gasteiger partial charge in [-0.15, -0.1) is 0 Å². The van der Waals surface area contributed by atoms with Gasteiger partial charge in [0.2, 0.25) is 0 Å². The van der Waals surface area contributed by atoms with Crippen LogP contribution in [-0.2, 0) is 19.1 Å². The maximum Gasteiger partial charge on any atom is 0.344 e. The van der Waals surface area contributed by atoms with Crippen LogP contribution in [0.2, 0.25) is 5.02 Å². The lowest BCUT2D eigenvalue weighted by Gasteiger charge is -2.09. The zero-order valence-electron chi connectivity index (χ0n) is 16.0. The molecule has 154 valence electrons. The average molecular weight is 420 g/mol. The van der Waals surface area contributed by atoms with Gasteiger partial charge in [-0.25, -0.2) is 9.59 Å². The standard InChI is InChI=1S/C21H22ClNO6/c1-2-3-12-27-21(26)15-8-10-16(11-9-15)23-19(24)13-29-20(25)14-28-18-7-5-4-6-17(18)22/h4-11H,2-3,12-14H2,1H3,(H,23,24). The average Bonchev–Trinajstić information content (AvgIpc) is 2.72. The molecule has 0 fully saturated rings. The van der Waals surface area contributed by atoms with E-state index in [-0.39, 0.29) is 6.61 Å². The fourth-order valence-corrected chi connectivity index (χ4v) is 2.36. The van der Waals surface area contributed by atoms with Crippen LogP contribution in [0, 0.1) is 0 Å². The van der Waals surface area contributed by atoms with Crippen LogP contribution in [0.3, 0.4) is 0 Å². The Labute approximate surface area is 173 Å². The Morgan fingerprint density at radius 1 is 0.966 bits per heavy atom. The number of nitrogens with one attached hydrogen (secondary N) is 1. The molecule has 29 heavy (non-hydrogen) atoms. The van der Waals surface area contributed by atoms with E-state index in [1.54, 1.807) is 48.5 Å². The van der Waals surface area contributed by atoms with Crippen LogP contribution in [0.1, 0.15) is 30.1 Å². The molecule has 2 aromatic carbocycles. The molecule has 0 saturated heterocycles. The van der Waals surface area contributed by atoms with Gasteiger partial charge in [-0.1, -0.05) is 37.1 Å². The second kappa shape index (κ2) is 11.7. The monoisotopic (exact) mass is 419 g/mol. The zero-order valence-corrected chi connectivity index (χ0v) is 16.7. The molecule has 2 rings (SSSR count). The molecule has 0 spiro atoms. The Morgan fingerprint density at radius 2 is 1.69 bits per heavy atom. The third-order valence-electron chi connectivity index (χ3n) is 3.68. The molecule has 0 aliphatic carbocycles. The Balaban J connectivity index is 1.72. The summed E-state index contributed by atoms with van der Waals surface area (Å²) in [6.45, 7) is 1.55. The normalized spacial score (nSPS) is 10.1. The highest BCUT2D eigenvalue weighted by Crippen LogP contribution is 2.22. The van der Waals surface area contributed by atoms with Crippen LogP contribution in [0.15, 0.2) is 48.5 Å². The number of amides is 1. The van der Waals surface area contributed by atoms with Gasteiger partial charge >= 0.3 is 11.9 Å². The van der Waals surface area contributed by atoms with Crippen LogP contribution >= 0.6 is 11.6 Å². The van der Waals surface area contributed by atoms with E-state index in [2.05, 4.69) is 5.32 Å². The number of halogens is 1. The van der Waals surface area contributed by atoms with Crippen LogP contribution in [-0.4, -0.2) is 37.7 Å². The second-order valence-electron chi connectivity index (χ2n) is 5.99. The molecule has 7 nitrogen and oxygen atoms in total. The van der Waals surface area contributed by atoms with Crippen molar-refractivity contribution >= 4 is 35.1 Å². The number of anilines is 1. The first-order valence-corrected chi connectivity index (χ1v) is 9.47. The zero-order chi connectivity index (χ0) is 21.1. The molecule has 2 aromatic rings. The van der Waals surface area contributed by atoms with E-state index in [0.717, 1.165) is 12.8 Å². The first-order chi connectivity index (χ1) is 14.0. The first-order valence-electron chi connectivity index (χ1n) is 9.09. The number of hydrogen-bond donors (Lipinski definition) is 1. The molecule has 0 aromatic heterocycles. The van der Waals surface area contributed by atoms with Crippen LogP contribution in [0.4, 0.5) is 5.69 Å². The van der Waals surface area contributed by atoms with Crippen molar-refractivity contribution in [2.24, 2.45) is 0 Å². The van der Waals surface area contributed by atoms with Crippen LogP contribution in [0.25, 0.3) is 0 Å². The Bertz CT molecular complexity index is 837. The van der Waals surface area contributed by atoms with Crippen molar-refractivity contribution in [1.29, 1.82) is 0 Å². The van der Waals surface area contributed by atoms with Crippen molar-refractivity contribution in [3.8, 4) is 5.75 Å². The molecule has 8 heteroatoms. The summed E-state index contributed by atoms with van der Waals surface area (Å²) < 4.78 is 15.2. The summed E-state index contributed by atoms with van der Waals surface area (Å²) in [7, 11) is 0. The lowest BCUT2D eigenvalue weighted by atomic mass is 10.2. The molecule has 0 saturated carbocycles. The second-order valence-corrected chi connectivity index (χ2v) is 6.40. The first kappa shape index (κ1) is 22.2. The number of hydrogen-bond acceptors (Lipinski definition) is 6. The van der Waals surface area contributed by atoms with E-state index in [1.807, 2.05) is 6.92 Å². The maximum absolute atomic E-state index is 11.9. The van der Waals surface area contributed by atoms with Crippen molar-refractivity contribution < 1.29 is 28.6 Å². The van der Waals surface area contributed by atoms with Crippen molar-refractivity contribution in [3.05, 3.63) is 59.1 Å². The minimum atomic E-state index is -0.703. The molecular weight excluding hydrogens is 398 g/mol. The van der Waals surface area contributed by atoms with Gasteiger partial charge in [0.05, 0.1) is 17.2 Å². The van der Waals surface area contributed by atoms with Gasteiger partial charge < -0.3 is 19.5 Å². The number of ether oxygens (including phenoxy) is 3. The highest BCUT2D eigenvalue weighted by molar-refractivity contribution is 6.32. The number of carbonyl (C=O) groups excluding carboxylic acids is 3. The molecule has 1 N–H and O–H groups in total. The smallest absolute Gasteiger partial charge is 0.344 e. The van der Waals surface area contributed by atoms with E-state index in [4.69, 9.17) is 25.8 Å². The van der Waals surface area contributed by atoms with E-state index in [9.17, 15) is 14.4 Å². The van der Waals surface area contributed by atoms with Crippen LogP contribution < -0.4 is 10.1 Å². The van der Waals surface area contributed by atoms with Gasteiger partial charge in [-0.2, -0.15) is 0 Å². The summed E-state index contributed by atoms with van der Waals surface area (Å²) in [5.74, 6) is -1.28. The van der Waals surface area contributed by atoms with Gasteiger partial charge in [-0.05, 0) is 42.8 Å². The Kier molecular flexibility index (Phi) is 8.98. The SMILES string of the molecule is CCCCOC(=O)c1ccc(NC(=O)COC(=O)COc2ccccc2Cl)cc1. The summed E-state index contributed by atoms with van der Waals surface area (Å²) in [5, 5.41) is 2.94. The van der Waals surface area contributed by atoms with Gasteiger partial charge in [0.1, 0.15) is 5.75 Å². The summed E-state index contributed by atoms with van der Waals surface area (Å²) in [5.41, 5.74) is 0.853. The summed E-state index contributed by atoms with van der Waals surface area (Å²) in [6, 6.07) is 12.9. The molecule has 1 amide bonds. The van der Waals surface area contributed by atoms with E-state index >= 15 is 0 Å². The van der Waals surface area contributed by atoms with Gasteiger partial charge in [0.25, 0.3) is 5.91 Å². The van der Waals surface area contributed by atoms with Crippen molar-refractivity contribution in [1.82, 2.24) is 0 Å². The number of esters is 2. The van der Waals surface area contributed by atoms with E-state index in [1.165, 1.54) is 0 Å². The molecule has 0 unspecified atom stereocenters. The lowest BCUT2D eigenvalue weighted by Crippen LogP contribution is -2.23. The number of rotatable bonds is 10. The summed E-state index contributed by atoms with van der Waals surface area (Å²) >= 11 is 5.92.